The van der Waals surface area contributed by atoms with Gasteiger partial charge in [0, 0.05) is 16.8 Å². The van der Waals surface area contributed by atoms with E-state index in [1.54, 1.807) is 23.0 Å². The number of carboxylic acid groups (broad SMARTS) is 1. The number of carbonyl (C=O) groups is 2. The molecule has 3 atom stereocenters. The van der Waals surface area contributed by atoms with Crippen LogP contribution >= 0.6 is 11.8 Å². The Morgan fingerprint density at radius 3 is 2.48 bits per heavy atom. The highest BCUT2D eigenvalue weighted by molar-refractivity contribution is 8.04. The largest absolute Gasteiger partial charge is 0.477 e. The summed E-state index contributed by atoms with van der Waals surface area (Å²) < 4.78 is 15.2. The number of halogens is 1. The summed E-state index contributed by atoms with van der Waals surface area (Å²) in [6, 6.07) is 21.7. The van der Waals surface area contributed by atoms with E-state index in [4.69, 9.17) is 0 Å². The first-order chi connectivity index (χ1) is 19.4. The van der Waals surface area contributed by atoms with Crippen LogP contribution in [0.4, 0.5) is 10.1 Å². The third-order valence-corrected chi connectivity index (χ3v) is 9.14. The van der Waals surface area contributed by atoms with Gasteiger partial charge in [-0.2, -0.15) is 5.10 Å². The Hall–Kier alpha value is -4.11. The summed E-state index contributed by atoms with van der Waals surface area (Å²) in [6.07, 6.45) is 3.04. The maximum Gasteiger partial charge on any atom is 0.344 e. The van der Waals surface area contributed by atoms with Crippen LogP contribution in [0.25, 0.3) is 16.6 Å². The predicted octanol–water partition coefficient (Wildman–Crippen LogP) is 5.84. The highest BCUT2D eigenvalue weighted by atomic mass is 32.2. The van der Waals surface area contributed by atoms with Gasteiger partial charge in [0.25, 0.3) is 0 Å². The lowest BCUT2D eigenvalue weighted by Crippen LogP contribution is -2.45. The quantitative estimate of drug-likeness (QED) is 0.308. The number of carbonyl (C=O) groups excluding carboxylic acids is 1. The van der Waals surface area contributed by atoms with Gasteiger partial charge in [0.1, 0.15) is 10.7 Å². The van der Waals surface area contributed by atoms with Gasteiger partial charge in [0.15, 0.2) is 0 Å². The van der Waals surface area contributed by atoms with Crippen molar-refractivity contribution in [2.45, 2.75) is 38.8 Å². The van der Waals surface area contributed by atoms with E-state index in [2.05, 4.69) is 16.9 Å². The van der Waals surface area contributed by atoms with Crippen LogP contribution in [-0.2, 0) is 16.0 Å². The van der Waals surface area contributed by atoms with Crippen LogP contribution in [0.2, 0.25) is 0 Å². The standard InChI is InChI=1S/C31H29FN4O3S/c1-3-26-28(34-18-40-29(19(34)2)31(38)39)25(15-20-7-5-4-6-8-20)30(37)35(26)24-13-14-27-21(16-24)17-33-36(27)23-11-9-22(32)10-12-23/h4-14,16-17,25-26,28H,3,15,18H2,1-2H3,(H,38,39). The molecular formula is C31H29FN4O3S. The SMILES string of the molecule is CCC1C(N2CSC(C(=O)O)=C2C)C(Cc2ccccc2)C(=O)N1c1ccc2c(cnn2-c2ccc(F)cc2)c1. The summed E-state index contributed by atoms with van der Waals surface area (Å²) in [7, 11) is 0. The van der Waals surface area contributed by atoms with Gasteiger partial charge in [-0.25, -0.2) is 13.9 Å². The molecule has 3 unspecified atom stereocenters. The van der Waals surface area contributed by atoms with Gasteiger partial charge in [-0.1, -0.05) is 49.0 Å². The predicted molar refractivity (Wildman–Crippen MR) is 155 cm³/mol. The molecule has 3 aromatic carbocycles. The molecule has 0 bridgehead atoms. The average Bonchev–Trinajstić information content (AvgIpc) is 3.63. The molecule has 1 aromatic heterocycles. The number of anilines is 1. The Bertz CT molecular complexity index is 1620. The van der Waals surface area contributed by atoms with E-state index < -0.39 is 5.97 Å². The summed E-state index contributed by atoms with van der Waals surface area (Å²) in [5, 5.41) is 15.1. The first kappa shape index (κ1) is 26.1. The van der Waals surface area contributed by atoms with E-state index in [1.165, 1.54) is 23.9 Å². The van der Waals surface area contributed by atoms with Crippen LogP contribution in [0.15, 0.2) is 89.6 Å². The van der Waals surface area contributed by atoms with E-state index in [0.29, 0.717) is 29.3 Å². The minimum atomic E-state index is -0.928. The number of fused-ring (bicyclic) bond motifs is 1. The van der Waals surface area contributed by atoms with Gasteiger partial charge in [-0.15, -0.1) is 0 Å². The molecule has 2 aliphatic rings. The summed E-state index contributed by atoms with van der Waals surface area (Å²) >= 11 is 1.32. The molecule has 1 amide bonds. The number of aromatic nitrogens is 2. The van der Waals surface area contributed by atoms with E-state index in [0.717, 1.165) is 27.8 Å². The molecule has 7 nitrogen and oxygen atoms in total. The number of nitrogens with zero attached hydrogens (tertiary/aromatic N) is 4. The number of allylic oxidation sites excluding steroid dienone is 1. The van der Waals surface area contributed by atoms with Gasteiger partial charge >= 0.3 is 5.97 Å². The molecule has 40 heavy (non-hydrogen) atoms. The number of hydrogen-bond acceptors (Lipinski definition) is 5. The second kappa shape index (κ2) is 10.5. The fourth-order valence-corrected chi connectivity index (χ4v) is 7.19. The molecule has 0 spiro atoms. The van der Waals surface area contributed by atoms with E-state index in [1.807, 2.05) is 60.4 Å². The zero-order valence-electron chi connectivity index (χ0n) is 22.2. The molecule has 2 aliphatic heterocycles. The van der Waals surface area contributed by atoms with Crippen LogP contribution < -0.4 is 4.90 Å². The van der Waals surface area contributed by atoms with Crippen molar-refractivity contribution in [3.63, 3.8) is 0 Å². The lowest BCUT2D eigenvalue weighted by molar-refractivity contribution is -0.131. The number of thioether (sulfide) groups is 1. The fraction of sp³-hybridized carbons (Fsp3) is 0.258. The molecule has 6 rings (SSSR count). The van der Waals surface area contributed by atoms with Gasteiger partial charge in [-0.05, 0) is 67.8 Å². The Labute approximate surface area is 235 Å². The van der Waals surface area contributed by atoms with Crippen molar-refractivity contribution in [1.29, 1.82) is 0 Å². The fourth-order valence-electron chi connectivity index (χ4n) is 6.10. The molecule has 204 valence electrons. The van der Waals surface area contributed by atoms with Crippen molar-refractivity contribution in [2.75, 3.05) is 10.8 Å². The summed E-state index contributed by atoms with van der Waals surface area (Å²) in [6.45, 7) is 3.92. The van der Waals surface area contributed by atoms with Crippen molar-refractivity contribution in [1.82, 2.24) is 14.7 Å². The highest BCUT2D eigenvalue weighted by Gasteiger charge is 2.51. The molecule has 9 heteroatoms. The number of aliphatic carboxylic acids is 1. The number of hydrogen-bond donors (Lipinski definition) is 1. The first-order valence-electron chi connectivity index (χ1n) is 13.3. The Kier molecular flexibility index (Phi) is 6.83. The van der Waals surface area contributed by atoms with Gasteiger partial charge < -0.3 is 14.9 Å². The van der Waals surface area contributed by atoms with Crippen molar-refractivity contribution in [2.24, 2.45) is 5.92 Å². The van der Waals surface area contributed by atoms with Gasteiger partial charge in [-0.3, -0.25) is 4.79 Å². The lowest BCUT2D eigenvalue weighted by Gasteiger charge is -2.35. The zero-order valence-corrected chi connectivity index (χ0v) is 23.0. The van der Waals surface area contributed by atoms with Crippen molar-refractivity contribution in [3.05, 3.63) is 101 Å². The van der Waals surface area contributed by atoms with Crippen molar-refractivity contribution in [3.8, 4) is 5.69 Å². The first-order valence-corrected chi connectivity index (χ1v) is 14.3. The smallest absolute Gasteiger partial charge is 0.344 e. The zero-order chi connectivity index (χ0) is 28.0. The summed E-state index contributed by atoms with van der Waals surface area (Å²) in [5.74, 6) is -1.04. The average molecular weight is 557 g/mol. The number of benzene rings is 3. The van der Waals surface area contributed by atoms with Gasteiger partial charge in [0.2, 0.25) is 5.91 Å². The molecule has 1 fully saturated rings. The topological polar surface area (TPSA) is 78.7 Å². The molecule has 1 N–H and O–H groups in total. The maximum atomic E-state index is 14.3. The third kappa shape index (κ3) is 4.44. The molecule has 3 heterocycles. The Morgan fingerprint density at radius 1 is 1.07 bits per heavy atom. The number of rotatable bonds is 7. The number of carboxylic acids is 1. The molecule has 0 aliphatic carbocycles. The molecule has 1 saturated heterocycles. The Morgan fingerprint density at radius 2 is 1.80 bits per heavy atom. The summed E-state index contributed by atoms with van der Waals surface area (Å²) in [4.78, 5) is 30.5. The number of amides is 1. The van der Waals surface area contributed by atoms with Crippen molar-refractivity contribution < 1.29 is 19.1 Å². The van der Waals surface area contributed by atoms with Crippen LogP contribution in [0, 0.1) is 11.7 Å². The van der Waals surface area contributed by atoms with Crippen LogP contribution in [0.5, 0.6) is 0 Å². The van der Waals surface area contributed by atoms with Crippen LogP contribution in [0.1, 0.15) is 25.8 Å². The highest BCUT2D eigenvalue weighted by Crippen LogP contribution is 2.43. The Balaban J connectivity index is 1.40. The molecule has 4 aromatic rings. The van der Waals surface area contributed by atoms with Crippen molar-refractivity contribution >= 4 is 40.2 Å². The van der Waals surface area contributed by atoms with Crippen LogP contribution in [0.3, 0.4) is 0 Å². The lowest BCUT2D eigenvalue weighted by atomic mass is 9.89. The second-order valence-electron chi connectivity index (χ2n) is 10.2. The van der Waals surface area contributed by atoms with E-state index >= 15 is 0 Å². The minimum Gasteiger partial charge on any atom is -0.477 e. The third-order valence-electron chi connectivity index (χ3n) is 7.97. The molecular weight excluding hydrogens is 527 g/mol. The van der Waals surface area contributed by atoms with E-state index in [-0.39, 0.29) is 29.7 Å². The van der Waals surface area contributed by atoms with Crippen LogP contribution in [-0.4, -0.2) is 49.6 Å². The monoisotopic (exact) mass is 556 g/mol. The van der Waals surface area contributed by atoms with Gasteiger partial charge in [0.05, 0.1) is 41.3 Å². The molecule has 0 radical (unpaired) electrons. The second-order valence-corrected chi connectivity index (χ2v) is 11.2. The summed E-state index contributed by atoms with van der Waals surface area (Å²) in [5.41, 5.74) is 4.18. The molecule has 0 saturated carbocycles. The maximum absolute atomic E-state index is 14.3. The minimum absolute atomic E-state index is 0.0348. The van der Waals surface area contributed by atoms with E-state index in [9.17, 15) is 19.1 Å². The normalized spacial score (nSPS) is 21.2.